The van der Waals surface area contributed by atoms with E-state index in [2.05, 4.69) is 11.0 Å². The molecular weight excluding hydrogens is 294 g/mol. The van der Waals surface area contributed by atoms with E-state index >= 15 is 0 Å². The van der Waals surface area contributed by atoms with E-state index in [0.29, 0.717) is 13.0 Å². The highest BCUT2D eigenvalue weighted by Gasteiger charge is 2.21. The topological polar surface area (TPSA) is 40.5 Å². The van der Waals surface area contributed by atoms with E-state index in [4.69, 9.17) is 5.11 Å². The van der Waals surface area contributed by atoms with Gasteiger partial charge < -0.3 is 10.0 Å². The van der Waals surface area contributed by atoms with Gasteiger partial charge in [-0.1, -0.05) is 36.4 Å². The zero-order valence-electron chi connectivity index (χ0n) is 12.6. The van der Waals surface area contributed by atoms with Crippen LogP contribution in [0.4, 0.5) is 0 Å². The molecule has 0 aromatic heterocycles. The van der Waals surface area contributed by atoms with Crippen molar-refractivity contribution in [1.29, 1.82) is 0 Å². The molecule has 2 aromatic carbocycles. The van der Waals surface area contributed by atoms with Crippen LogP contribution < -0.4 is 0 Å². The summed E-state index contributed by atoms with van der Waals surface area (Å²) in [5.74, 6) is 0.927. The molecule has 0 amide bonds. The van der Waals surface area contributed by atoms with Crippen LogP contribution in [0.1, 0.15) is 23.7 Å². The lowest BCUT2D eigenvalue weighted by molar-refractivity contribution is 0.0958. The Morgan fingerprint density at radius 1 is 1.23 bits per heavy atom. The van der Waals surface area contributed by atoms with Crippen LogP contribution in [-0.2, 0) is 0 Å². The third kappa shape index (κ3) is 3.03. The van der Waals surface area contributed by atoms with Crippen molar-refractivity contribution in [2.45, 2.75) is 13.3 Å². The lowest BCUT2D eigenvalue weighted by atomic mass is 10.0. The van der Waals surface area contributed by atoms with Gasteiger partial charge in [-0.15, -0.1) is 11.8 Å². The summed E-state index contributed by atoms with van der Waals surface area (Å²) in [6.07, 6.45) is 0.678. The number of fused-ring (bicyclic) bond motifs is 1. The number of hydrogen-bond acceptors (Lipinski definition) is 4. The van der Waals surface area contributed by atoms with Crippen LogP contribution in [0.5, 0.6) is 0 Å². The van der Waals surface area contributed by atoms with Gasteiger partial charge >= 0.3 is 0 Å². The molecule has 0 saturated heterocycles. The van der Waals surface area contributed by atoms with Crippen molar-refractivity contribution in [1.82, 2.24) is 4.90 Å². The minimum Gasteiger partial charge on any atom is -0.396 e. The number of nitrogens with zero attached hydrogens (tertiary/aromatic N) is 1. The second-order valence-corrected chi connectivity index (χ2v) is 6.48. The maximum Gasteiger partial charge on any atom is 0.182 e. The van der Waals surface area contributed by atoms with Crippen LogP contribution in [0.25, 0.3) is 10.8 Å². The summed E-state index contributed by atoms with van der Waals surface area (Å²) in [5, 5.41) is 11.3. The molecule has 0 unspecified atom stereocenters. The van der Waals surface area contributed by atoms with Crippen molar-refractivity contribution < 1.29 is 9.90 Å². The number of thioether (sulfide) groups is 1. The third-order valence-electron chi connectivity index (χ3n) is 4.02. The molecule has 0 aliphatic carbocycles. The van der Waals surface area contributed by atoms with E-state index in [9.17, 15) is 4.79 Å². The Kier molecular flexibility index (Phi) is 4.50. The predicted octanol–water partition coefficient (Wildman–Crippen LogP) is 3.64. The number of ketones is 1. The van der Waals surface area contributed by atoms with Crippen LogP contribution in [-0.4, -0.2) is 34.8 Å². The van der Waals surface area contributed by atoms with Crippen molar-refractivity contribution in [3.05, 3.63) is 58.6 Å². The normalized spacial score (nSPS) is 14.9. The van der Waals surface area contributed by atoms with Gasteiger partial charge in [0.15, 0.2) is 5.78 Å². The molecule has 0 radical (unpaired) electrons. The Bertz CT molecular complexity index is 739. The molecule has 3 nitrogen and oxygen atoms in total. The summed E-state index contributed by atoms with van der Waals surface area (Å²) in [7, 11) is 0. The van der Waals surface area contributed by atoms with E-state index in [0.717, 1.165) is 27.9 Å². The molecule has 0 saturated carbocycles. The highest BCUT2D eigenvalue weighted by Crippen LogP contribution is 2.33. The van der Waals surface area contributed by atoms with Gasteiger partial charge in [0.05, 0.1) is 12.4 Å². The highest BCUT2D eigenvalue weighted by atomic mass is 32.2. The number of hydrogen-bond donors (Lipinski definition) is 1. The summed E-state index contributed by atoms with van der Waals surface area (Å²) < 4.78 is 0. The summed E-state index contributed by atoms with van der Waals surface area (Å²) in [4.78, 5) is 15.8. The van der Waals surface area contributed by atoms with Crippen molar-refractivity contribution in [3.8, 4) is 0 Å². The molecule has 1 N–H and O–H groups in total. The second-order valence-electron chi connectivity index (χ2n) is 5.44. The number of rotatable bonds is 5. The summed E-state index contributed by atoms with van der Waals surface area (Å²) in [5.41, 5.74) is 1.88. The van der Waals surface area contributed by atoms with Crippen molar-refractivity contribution in [3.63, 3.8) is 0 Å². The van der Waals surface area contributed by atoms with Gasteiger partial charge in [-0.25, -0.2) is 0 Å². The first kappa shape index (κ1) is 15.1. The van der Waals surface area contributed by atoms with Crippen LogP contribution >= 0.6 is 11.8 Å². The molecule has 3 rings (SSSR count). The number of aliphatic hydroxyl groups is 1. The van der Waals surface area contributed by atoms with Gasteiger partial charge in [-0.05, 0) is 23.8 Å². The molecule has 0 spiro atoms. The lowest BCUT2D eigenvalue weighted by Crippen LogP contribution is -2.25. The van der Waals surface area contributed by atoms with Crippen LogP contribution in [0.2, 0.25) is 0 Å². The summed E-state index contributed by atoms with van der Waals surface area (Å²) in [6, 6.07) is 13.9. The van der Waals surface area contributed by atoms with Crippen molar-refractivity contribution >= 4 is 28.3 Å². The van der Waals surface area contributed by atoms with Gasteiger partial charge in [-0.2, -0.15) is 0 Å². The summed E-state index contributed by atoms with van der Waals surface area (Å²) >= 11 is 1.72. The average Bonchev–Trinajstić information content (AvgIpc) is 2.88. The van der Waals surface area contributed by atoms with Gasteiger partial charge in [0.25, 0.3) is 0 Å². The Balaban J connectivity index is 1.76. The molecule has 1 aliphatic heterocycles. The predicted molar refractivity (Wildman–Crippen MR) is 91.8 cm³/mol. The average molecular weight is 313 g/mol. The molecule has 22 heavy (non-hydrogen) atoms. The van der Waals surface area contributed by atoms with E-state index < -0.39 is 0 Å². The maximum absolute atomic E-state index is 12.5. The highest BCUT2D eigenvalue weighted by molar-refractivity contribution is 8.03. The molecule has 1 heterocycles. The van der Waals surface area contributed by atoms with E-state index in [1.165, 1.54) is 4.91 Å². The van der Waals surface area contributed by atoms with Crippen molar-refractivity contribution in [2.24, 2.45) is 0 Å². The van der Waals surface area contributed by atoms with Gasteiger partial charge in [0, 0.05) is 29.2 Å². The number of aliphatic hydroxyl groups excluding tert-OH is 1. The smallest absolute Gasteiger partial charge is 0.182 e. The first-order valence-corrected chi connectivity index (χ1v) is 8.38. The van der Waals surface area contributed by atoms with Crippen LogP contribution in [0.3, 0.4) is 0 Å². The lowest BCUT2D eigenvalue weighted by Gasteiger charge is -2.18. The molecule has 0 bridgehead atoms. The van der Waals surface area contributed by atoms with Gasteiger partial charge in [-0.3, -0.25) is 4.79 Å². The number of allylic oxidation sites excluding steroid dienone is 1. The monoisotopic (exact) mass is 313 g/mol. The largest absolute Gasteiger partial charge is 0.396 e. The molecule has 2 aromatic rings. The second kappa shape index (κ2) is 6.55. The van der Waals surface area contributed by atoms with Crippen molar-refractivity contribution in [2.75, 3.05) is 19.0 Å². The first-order valence-electron chi connectivity index (χ1n) is 7.39. The minimum absolute atomic E-state index is 0.135. The number of carbonyl (C=O) groups excluding carboxylic acids is 1. The standard InChI is InChI=1S/C18H19NO2S/c1-13-18(8-9-20)22-12-19(13)11-17(21)16-7-6-14-4-2-3-5-15(14)10-16/h2-7,10,20H,8-9,11-12H2,1H3. The Morgan fingerprint density at radius 2 is 2.00 bits per heavy atom. The molecule has 0 fully saturated rings. The van der Waals surface area contributed by atoms with Gasteiger partial charge in [0.2, 0.25) is 0 Å². The minimum atomic E-state index is 0.135. The Hall–Kier alpha value is -1.78. The maximum atomic E-state index is 12.5. The fourth-order valence-electron chi connectivity index (χ4n) is 2.68. The Labute approximate surface area is 134 Å². The zero-order chi connectivity index (χ0) is 15.5. The fourth-order valence-corrected chi connectivity index (χ4v) is 3.85. The molecular formula is C18H19NO2S. The summed E-state index contributed by atoms with van der Waals surface area (Å²) in [6.45, 7) is 2.58. The van der Waals surface area contributed by atoms with E-state index in [-0.39, 0.29) is 12.4 Å². The SMILES string of the molecule is CC1=C(CCO)SCN1CC(=O)c1ccc2ccccc2c1. The third-order valence-corrected chi connectivity index (χ3v) is 5.31. The number of carbonyl (C=O) groups is 1. The van der Waals surface area contributed by atoms with Crippen LogP contribution in [0, 0.1) is 0 Å². The zero-order valence-corrected chi connectivity index (χ0v) is 13.4. The fraction of sp³-hybridized carbons (Fsp3) is 0.278. The quantitative estimate of drug-likeness (QED) is 0.856. The molecule has 4 heteroatoms. The first-order chi connectivity index (χ1) is 10.7. The molecule has 114 valence electrons. The van der Waals surface area contributed by atoms with E-state index in [1.807, 2.05) is 43.3 Å². The molecule has 1 aliphatic rings. The van der Waals surface area contributed by atoms with E-state index in [1.54, 1.807) is 11.8 Å². The number of benzene rings is 2. The van der Waals surface area contributed by atoms with Crippen LogP contribution in [0.15, 0.2) is 53.1 Å². The molecule has 0 atom stereocenters. The van der Waals surface area contributed by atoms with Gasteiger partial charge in [0.1, 0.15) is 0 Å². The Morgan fingerprint density at radius 3 is 2.77 bits per heavy atom. The number of Topliss-reactive ketones (excluding diaryl/α,β-unsaturated/α-hetero) is 1.